The lowest BCUT2D eigenvalue weighted by Gasteiger charge is -2.40. The van der Waals surface area contributed by atoms with Gasteiger partial charge in [0.05, 0.1) is 26.9 Å². The maximum atomic E-state index is 6.36. The molecular weight excluding hydrogens is 388 g/mol. The second kappa shape index (κ2) is 9.09. The van der Waals surface area contributed by atoms with E-state index in [4.69, 9.17) is 14.2 Å². The van der Waals surface area contributed by atoms with Gasteiger partial charge in [0.2, 0.25) is 0 Å². The van der Waals surface area contributed by atoms with Gasteiger partial charge in [-0.2, -0.15) is 0 Å². The molecule has 2 aromatic carbocycles. The highest BCUT2D eigenvalue weighted by Crippen LogP contribution is 2.44. The second-order valence-corrected chi connectivity index (χ2v) is 9.38. The Bertz CT molecular complexity index is 904. The first-order valence-corrected chi connectivity index (χ1v) is 11.3. The van der Waals surface area contributed by atoms with Crippen LogP contribution in [0.4, 0.5) is 5.69 Å². The zero-order chi connectivity index (χ0) is 22.0. The standard InChI is InChI=1S/C26H36N2O3/c1-19-8-6-7-9-22(19)28-14-12-27(13-15-28)11-10-23-20-16-24(29-4)25(30-5)17-21(20)26(2,3)18-31-23/h6-9,16-17,23H,10-15,18H2,1-5H3. The van der Waals surface area contributed by atoms with Crippen molar-refractivity contribution < 1.29 is 14.2 Å². The van der Waals surface area contributed by atoms with E-state index in [0.717, 1.165) is 57.3 Å². The molecule has 0 aliphatic carbocycles. The Labute approximate surface area is 186 Å². The largest absolute Gasteiger partial charge is 0.493 e. The summed E-state index contributed by atoms with van der Waals surface area (Å²) in [7, 11) is 3.40. The summed E-state index contributed by atoms with van der Waals surface area (Å²) in [6, 6.07) is 13.0. The summed E-state index contributed by atoms with van der Waals surface area (Å²) in [5.74, 6) is 1.57. The smallest absolute Gasteiger partial charge is 0.161 e. The van der Waals surface area contributed by atoms with Gasteiger partial charge in [-0.3, -0.25) is 4.90 Å². The average Bonchev–Trinajstić information content (AvgIpc) is 2.78. The van der Waals surface area contributed by atoms with Crippen molar-refractivity contribution in [3.05, 3.63) is 53.1 Å². The van der Waals surface area contributed by atoms with Crippen molar-refractivity contribution >= 4 is 5.69 Å². The molecule has 1 fully saturated rings. The van der Waals surface area contributed by atoms with Crippen LogP contribution in [0.25, 0.3) is 0 Å². The molecule has 0 amide bonds. The first kappa shape index (κ1) is 22.0. The van der Waals surface area contributed by atoms with Crippen molar-refractivity contribution in [2.24, 2.45) is 0 Å². The Morgan fingerprint density at radius 3 is 2.35 bits per heavy atom. The molecule has 31 heavy (non-hydrogen) atoms. The summed E-state index contributed by atoms with van der Waals surface area (Å²) in [4.78, 5) is 5.08. The molecule has 5 nitrogen and oxygen atoms in total. The number of methoxy groups -OCH3 is 2. The van der Waals surface area contributed by atoms with Gasteiger partial charge in [-0.15, -0.1) is 0 Å². The Morgan fingerprint density at radius 2 is 1.68 bits per heavy atom. The van der Waals surface area contributed by atoms with Gasteiger partial charge in [0, 0.05) is 43.8 Å². The number of rotatable bonds is 6. The summed E-state index contributed by atoms with van der Waals surface area (Å²) >= 11 is 0. The summed E-state index contributed by atoms with van der Waals surface area (Å²) in [6.45, 7) is 12.8. The highest BCUT2D eigenvalue weighted by molar-refractivity contribution is 5.53. The Kier molecular flexibility index (Phi) is 6.44. The molecule has 2 aromatic rings. The average molecular weight is 425 g/mol. The van der Waals surface area contributed by atoms with Gasteiger partial charge in [0.1, 0.15) is 0 Å². The minimum Gasteiger partial charge on any atom is -0.493 e. The highest BCUT2D eigenvalue weighted by Gasteiger charge is 2.35. The van der Waals surface area contributed by atoms with E-state index in [-0.39, 0.29) is 11.5 Å². The minimum absolute atomic E-state index is 0.0371. The van der Waals surface area contributed by atoms with Crippen molar-refractivity contribution in [3.8, 4) is 11.5 Å². The third kappa shape index (κ3) is 4.53. The number of ether oxygens (including phenoxy) is 3. The quantitative estimate of drug-likeness (QED) is 0.678. The molecular formula is C26H36N2O3. The third-order valence-electron chi connectivity index (χ3n) is 6.81. The number of hydrogen-bond donors (Lipinski definition) is 0. The maximum Gasteiger partial charge on any atom is 0.161 e. The van der Waals surface area contributed by atoms with Crippen LogP contribution in [-0.4, -0.2) is 58.5 Å². The molecule has 0 aromatic heterocycles. The predicted molar refractivity (Wildman–Crippen MR) is 126 cm³/mol. The monoisotopic (exact) mass is 424 g/mol. The van der Waals surface area contributed by atoms with Crippen LogP contribution in [0.15, 0.2) is 36.4 Å². The van der Waals surface area contributed by atoms with Gasteiger partial charge < -0.3 is 19.1 Å². The normalized spacial score (nSPS) is 20.9. The van der Waals surface area contributed by atoms with E-state index in [1.54, 1.807) is 14.2 Å². The van der Waals surface area contributed by atoms with Crippen LogP contribution in [-0.2, 0) is 10.2 Å². The van der Waals surface area contributed by atoms with E-state index < -0.39 is 0 Å². The first-order valence-electron chi connectivity index (χ1n) is 11.3. The molecule has 1 saturated heterocycles. The van der Waals surface area contributed by atoms with Crippen LogP contribution < -0.4 is 14.4 Å². The van der Waals surface area contributed by atoms with E-state index in [9.17, 15) is 0 Å². The van der Waals surface area contributed by atoms with Crippen LogP contribution in [0.1, 0.15) is 43.1 Å². The van der Waals surface area contributed by atoms with E-state index in [1.165, 1.54) is 22.4 Å². The number of hydrogen-bond acceptors (Lipinski definition) is 5. The zero-order valence-corrected chi connectivity index (χ0v) is 19.6. The second-order valence-electron chi connectivity index (χ2n) is 9.38. The Morgan fingerprint density at radius 1 is 1.00 bits per heavy atom. The number of anilines is 1. The maximum absolute atomic E-state index is 6.36. The fourth-order valence-corrected chi connectivity index (χ4v) is 4.89. The number of nitrogens with zero attached hydrogens (tertiary/aromatic N) is 2. The van der Waals surface area contributed by atoms with Crippen molar-refractivity contribution in [3.63, 3.8) is 0 Å². The lowest BCUT2D eigenvalue weighted by atomic mass is 9.78. The molecule has 2 aliphatic heterocycles. The van der Waals surface area contributed by atoms with Gasteiger partial charge >= 0.3 is 0 Å². The fourth-order valence-electron chi connectivity index (χ4n) is 4.89. The van der Waals surface area contributed by atoms with Gasteiger partial charge in [0.15, 0.2) is 11.5 Å². The fraction of sp³-hybridized carbons (Fsp3) is 0.538. The molecule has 168 valence electrons. The molecule has 1 atom stereocenters. The number of fused-ring (bicyclic) bond motifs is 1. The van der Waals surface area contributed by atoms with Gasteiger partial charge in [0.25, 0.3) is 0 Å². The molecule has 0 spiro atoms. The summed E-state index contributed by atoms with van der Waals surface area (Å²) in [5.41, 5.74) is 5.24. The molecule has 0 N–H and O–H groups in total. The van der Waals surface area contributed by atoms with Crippen molar-refractivity contribution in [2.45, 2.75) is 38.7 Å². The Balaban J connectivity index is 1.41. The van der Waals surface area contributed by atoms with Gasteiger partial charge in [-0.25, -0.2) is 0 Å². The third-order valence-corrected chi connectivity index (χ3v) is 6.81. The number of piperazine rings is 1. The van der Waals surface area contributed by atoms with Gasteiger partial charge in [-0.05, 0) is 48.2 Å². The van der Waals surface area contributed by atoms with Crippen molar-refractivity contribution in [1.29, 1.82) is 0 Å². The summed E-state index contributed by atoms with van der Waals surface area (Å²) in [5, 5.41) is 0. The zero-order valence-electron chi connectivity index (χ0n) is 19.6. The van der Waals surface area contributed by atoms with Crippen LogP contribution >= 0.6 is 0 Å². The topological polar surface area (TPSA) is 34.2 Å². The molecule has 4 rings (SSSR count). The highest BCUT2D eigenvalue weighted by atomic mass is 16.5. The van der Waals surface area contributed by atoms with Crippen LogP contribution in [0, 0.1) is 6.92 Å². The van der Waals surface area contributed by atoms with E-state index in [2.05, 4.69) is 67.0 Å². The molecule has 0 bridgehead atoms. The number of aryl methyl sites for hydroxylation is 1. The van der Waals surface area contributed by atoms with Crippen molar-refractivity contribution in [2.75, 3.05) is 58.5 Å². The van der Waals surface area contributed by atoms with Crippen LogP contribution in [0.2, 0.25) is 0 Å². The molecule has 0 saturated carbocycles. The number of para-hydroxylation sites is 1. The molecule has 1 unspecified atom stereocenters. The molecule has 0 radical (unpaired) electrons. The lowest BCUT2D eigenvalue weighted by Crippen LogP contribution is -2.47. The van der Waals surface area contributed by atoms with Crippen molar-refractivity contribution in [1.82, 2.24) is 4.90 Å². The van der Waals surface area contributed by atoms with E-state index >= 15 is 0 Å². The first-order chi connectivity index (χ1) is 14.9. The van der Waals surface area contributed by atoms with Crippen LogP contribution in [0.5, 0.6) is 11.5 Å². The molecule has 5 heteroatoms. The van der Waals surface area contributed by atoms with Crippen LogP contribution in [0.3, 0.4) is 0 Å². The lowest BCUT2D eigenvalue weighted by molar-refractivity contribution is -0.00352. The minimum atomic E-state index is -0.0371. The Hall–Kier alpha value is -2.24. The van der Waals surface area contributed by atoms with E-state index in [0.29, 0.717) is 0 Å². The predicted octanol–water partition coefficient (Wildman–Crippen LogP) is 4.57. The summed E-state index contributed by atoms with van der Waals surface area (Å²) in [6.07, 6.45) is 1.08. The van der Waals surface area contributed by atoms with E-state index in [1.807, 2.05) is 0 Å². The summed E-state index contributed by atoms with van der Waals surface area (Å²) < 4.78 is 17.5. The SMILES string of the molecule is COc1cc2c(cc1OC)C(C)(C)COC2CCN1CCN(c2ccccc2C)CC1. The molecule has 2 heterocycles. The van der Waals surface area contributed by atoms with Gasteiger partial charge in [-0.1, -0.05) is 32.0 Å². The number of benzene rings is 2. The molecule has 2 aliphatic rings.